The maximum Gasteiger partial charge on any atom is 0.265 e. The molecule has 0 unspecified atom stereocenters. The van der Waals surface area contributed by atoms with Crippen molar-refractivity contribution < 1.29 is 0 Å². The number of halogens is 1. The van der Waals surface area contributed by atoms with Crippen molar-refractivity contribution in [1.82, 2.24) is 9.97 Å². The molecule has 1 heterocycles. The van der Waals surface area contributed by atoms with Gasteiger partial charge in [-0.2, -0.15) is 0 Å². The third-order valence-corrected chi connectivity index (χ3v) is 2.74. The maximum absolute atomic E-state index is 11.5. The summed E-state index contributed by atoms with van der Waals surface area (Å²) in [5.74, 6) is 1.05. The maximum atomic E-state index is 11.5. The van der Waals surface area contributed by atoms with E-state index >= 15 is 0 Å². The predicted molar refractivity (Wildman–Crippen MR) is 60.6 cm³/mol. The summed E-state index contributed by atoms with van der Waals surface area (Å²) >= 11 is 3.26. The summed E-state index contributed by atoms with van der Waals surface area (Å²) in [5.41, 5.74) is 0.768. The Morgan fingerprint density at radius 1 is 1.50 bits per heavy atom. The van der Waals surface area contributed by atoms with Crippen LogP contribution >= 0.6 is 15.9 Å². The molecule has 0 saturated carbocycles. The molecule has 0 bridgehead atoms. The van der Waals surface area contributed by atoms with E-state index in [9.17, 15) is 4.79 Å². The van der Waals surface area contributed by atoms with E-state index in [0.29, 0.717) is 4.47 Å². The van der Waals surface area contributed by atoms with Crippen molar-refractivity contribution in [3.8, 4) is 0 Å². The molecular formula is C10H15BrN2O. The minimum Gasteiger partial charge on any atom is -0.310 e. The van der Waals surface area contributed by atoms with Crippen molar-refractivity contribution in [2.24, 2.45) is 0 Å². The topological polar surface area (TPSA) is 45.8 Å². The van der Waals surface area contributed by atoms with E-state index in [-0.39, 0.29) is 11.5 Å². The summed E-state index contributed by atoms with van der Waals surface area (Å²) in [4.78, 5) is 18.7. The molecule has 4 heteroatoms. The van der Waals surface area contributed by atoms with Gasteiger partial charge in [0.2, 0.25) is 0 Å². The average molecular weight is 259 g/mol. The minimum absolute atomic E-state index is 0.0767. The predicted octanol–water partition coefficient (Wildman–Crippen LogP) is 2.61. The van der Waals surface area contributed by atoms with Crippen LogP contribution < -0.4 is 5.56 Å². The van der Waals surface area contributed by atoms with Crippen molar-refractivity contribution in [2.75, 3.05) is 0 Å². The smallest absolute Gasteiger partial charge is 0.265 e. The number of hydrogen-bond acceptors (Lipinski definition) is 2. The molecule has 0 aliphatic rings. The van der Waals surface area contributed by atoms with Crippen molar-refractivity contribution in [1.29, 1.82) is 0 Å². The lowest BCUT2D eigenvalue weighted by atomic mass is 10.1. The molecule has 3 nitrogen and oxygen atoms in total. The molecule has 14 heavy (non-hydrogen) atoms. The summed E-state index contributed by atoms with van der Waals surface area (Å²) < 4.78 is 0.562. The van der Waals surface area contributed by atoms with Gasteiger partial charge in [-0.3, -0.25) is 4.79 Å². The summed E-state index contributed by atoms with van der Waals surface area (Å²) in [7, 11) is 0. The lowest BCUT2D eigenvalue weighted by molar-refractivity contribution is 0.748. The standard InChI is InChI=1S/C10H15BrN2O/c1-4-5-7-12-9(6(2)3)8(11)10(14)13-7/h6H,4-5H2,1-3H3,(H,12,13,14). The molecule has 0 radical (unpaired) electrons. The Balaban J connectivity index is 3.21. The van der Waals surface area contributed by atoms with Gasteiger partial charge >= 0.3 is 0 Å². The van der Waals surface area contributed by atoms with E-state index in [4.69, 9.17) is 0 Å². The quantitative estimate of drug-likeness (QED) is 0.906. The molecule has 0 saturated heterocycles. The minimum atomic E-state index is -0.0767. The fourth-order valence-electron chi connectivity index (χ4n) is 1.26. The van der Waals surface area contributed by atoms with Gasteiger partial charge in [-0.15, -0.1) is 0 Å². The Morgan fingerprint density at radius 2 is 2.14 bits per heavy atom. The van der Waals surface area contributed by atoms with E-state index in [1.807, 2.05) is 13.8 Å². The molecule has 0 spiro atoms. The normalized spacial score (nSPS) is 10.9. The van der Waals surface area contributed by atoms with Crippen LogP contribution in [0.25, 0.3) is 0 Å². The molecule has 78 valence electrons. The lowest BCUT2D eigenvalue weighted by Crippen LogP contribution is -2.16. The van der Waals surface area contributed by atoms with E-state index in [2.05, 4.69) is 32.8 Å². The van der Waals surface area contributed by atoms with Crippen LogP contribution in [0.1, 0.15) is 44.6 Å². The molecule has 0 fully saturated rings. The summed E-state index contributed by atoms with van der Waals surface area (Å²) in [5, 5.41) is 0. The Hall–Kier alpha value is -0.640. The highest BCUT2D eigenvalue weighted by atomic mass is 79.9. The van der Waals surface area contributed by atoms with E-state index in [0.717, 1.165) is 24.4 Å². The zero-order valence-corrected chi connectivity index (χ0v) is 10.3. The molecule has 0 aliphatic carbocycles. The Kier molecular flexibility index (Phi) is 3.86. The third-order valence-electron chi connectivity index (χ3n) is 1.97. The van der Waals surface area contributed by atoms with Gasteiger partial charge in [0.15, 0.2) is 0 Å². The van der Waals surface area contributed by atoms with Gasteiger partial charge in [0.1, 0.15) is 10.3 Å². The number of aromatic amines is 1. The van der Waals surface area contributed by atoms with Gasteiger partial charge in [-0.25, -0.2) is 4.98 Å². The van der Waals surface area contributed by atoms with Crippen LogP contribution in [0, 0.1) is 0 Å². The molecular weight excluding hydrogens is 244 g/mol. The highest BCUT2D eigenvalue weighted by Crippen LogP contribution is 2.18. The lowest BCUT2D eigenvalue weighted by Gasteiger charge is -2.08. The SMILES string of the molecule is CCCc1nc(C(C)C)c(Br)c(=O)[nH]1. The number of nitrogens with one attached hydrogen (secondary N) is 1. The number of aryl methyl sites for hydroxylation is 1. The van der Waals surface area contributed by atoms with Crippen LogP contribution in [0.5, 0.6) is 0 Å². The van der Waals surface area contributed by atoms with Crippen LogP contribution in [0.4, 0.5) is 0 Å². The fourth-order valence-corrected chi connectivity index (χ4v) is 1.91. The van der Waals surface area contributed by atoms with Crippen LogP contribution in [0.3, 0.4) is 0 Å². The fraction of sp³-hybridized carbons (Fsp3) is 0.600. The van der Waals surface area contributed by atoms with Crippen LogP contribution in [0.15, 0.2) is 9.27 Å². The molecule has 0 aromatic carbocycles. The van der Waals surface area contributed by atoms with Gasteiger partial charge in [-0.1, -0.05) is 20.8 Å². The molecule has 1 rings (SSSR count). The summed E-state index contributed by atoms with van der Waals surface area (Å²) in [6.07, 6.45) is 1.81. The first kappa shape index (κ1) is 11.4. The first-order valence-corrected chi connectivity index (χ1v) is 5.64. The highest BCUT2D eigenvalue weighted by molar-refractivity contribution is 9.10. The van der Waals surface area contributed by atoms with Gasteiger partial charge in [0.25, 0.3) is 5.56 Å². The van der Waals surface area contributed by atoms with E-state index < -0.39 is 0 Å². The first-order valence-electron chi connectivity index (χ1n) is 4.84. The van der Waals surface area contributed by atoms with E-state index in [1.54, 1.807) is 0 Å². The Morgan fingerprint density at radius 3 is 2.64 bits per heavy atom. The van der Waals surface area contributed by atoms with Crippen LogP contribution in [0.2, 0.25) is 0 Å². The molecule has 0 amide bonds. The summed E-state index contributed by atoms with van der Waals surface area (Å²) in [6.45, 7) is 6.13. The second-order valence-corrected chi connectivity index (χ2v) is 4.41. The zero-order valence-electron chi connectivity index (χ0n) is 8.72. The largest absolute Gasteiger partial charge is 0.310 e. The number of nitrogens with zero attached hydrogens (tertiary/aromatic N) is 1. The second-order valence-electron chi connectivity index (χ2n) is 3.62. The van der Waals surface area contributed by atoms with Crippen molar-refractivity contribution >= 4 is 15.9 Å². The second kappa shape index (κ2) is 4.73. The van der Waals surface area contributed by atoms with Gasteiger partial charge in [-0.05, 0) is 28.3 Å². The Labute approximate surface area is 92.1 Å². The zero-order chi connectivity index (χ0) is 10.7. The van der Waals surface area contributed by atoms with Gasteiger partial charge in [0, 0.05) is 6.42 Å². The molecule has 1 N–H and O–H groups in total. The third kappa shape index (κ3) is 2.44. The van der Waals surface area contributed by atoms with Crippen LogP contribution in [-0.4, -0.2) is 9.97 Å². The van der Waals surface area contributed by atoms with Gasteiger partial charge < -0.3 is 4.98 Å². The summed E-state index contributed by atoms with van der Waals surface area (Å²) in [6, 6.07) is 0. The number of hydrogen-bond donors (Lipinski definition) is 1. The number of rotatable bonds is 3. The molecule has 0 atom stereocenters. The monoisotopic (exact) mass is 258 g/mol. The van der Waals surface area contributed by atoms with Crippen molar-refractivity contribution in [3.63, 3.8) is 0 Å². The first-order chi connectivity index (χ1) is 6.56. The Bertz CT molecular complexity index is 371. The van der Waals surface area contributed by atoms with E-state index in [1.165, 1.54) is 0 Å². The average Bonchev–Trinajstić information content (AvgIpc) is 2.11. The number of H-pyrrole nitrogens is 1. The van der Waals surface area contributed by atoms with Crippen molar-refractivity contribution in [3.05, 3.63) is 26.3 Å². The molecule has 1 aromatic rings. The van der Waals surface area contributed by atoms with Gasteiger partial charge in [0.05, 0.1) is 5.69 Å². The molecule has 0 aliphatic heterocycles. The molecule has 1 aromatic heterocycles. The van der Waals surface area contributed by atoms with Crippen molar-refractivity contribution in [2.45, 2.75) is 39.5 Å². The highest BCUT2D eigenvalue weighted by Gasteiger charge is 2.11. The van der Waals surface area contributed by atoms with Crippen LogP contribution in [-0.2, 0) is 6.42 Å². The number of aromatic nitrogens is 2.